The Morgan fingerprint density at radius 2 is 1.29 bits per heavy atom. The average molecular weight is 417 g/mol. The van der Waals surface area contributed by atoms with Crippen molar-refractivity contribution in [1.29, 1.82) is 0 Å². The summed E-state index contributed by atoms with van der Waals surface area (Å²) >= 11 is 0. The van der Waals surface area contributed by atoms with Crippen LogP contribution in [0.15, 0.2) is 0 Å². The SMILES string of the molecule is O=P([O-])([O-])OC(CCO)CCO.O=P([O-])([O-])OCC(O)CO.[Mg+2].[Mg+2]. The number of hydrogen-bond acceptors (Lipinski definition) is 12. The predicted octanol–water partition coefficient (Wildman–Crippen LogP) is -5.61. The first kappa shape index (κ1) is 33.2. The molecule has 0 aromatic carbocycles. The van der Waals surface area contributed by atoms with Crippen molar-refractivity contribution in [3.05, 3.63) is 0 Å². The van der Waals surface area contributed by atoms with Crippen molar-refractivity contribution in [2.75, 3.05) is 26.4 Å². The van der Waals surface area contributed by atoms with Gasteiger partial charge in [-0.25, -0.2) is 0 Å². The third-order valence-electron chi connectivity index (χ3n) is 1.82. The number of rotatable bonds is 10. The molecule has 12 nitrogen and oxygen atoms in total. The van der Waals surface area contributed by atoms with Crippen molar-refractivity contribution in [3.8, 4) is 0 Å². The van der Waals surface area contributed by atoms with E-state index in [1.54, 1.807) is 0 Å². The summed E-state index contributed by atoms with van der Waals surface area (Å²) in [6.45, 7) is -1.91. The minimum Gasteiger partial charge on any atom is -0.790 e. The number of aliphatic hydroxyl groups is 4. The topological polar surface area (TPSA) is 226 Å². The molecule has 0 amide bonds. The third kappa shape index (κ3) is 28.4. The first-order valence-corrected chi connectivity index (χ1v) is 8.75. The van der Waals surface area contributed by atoms with Crippen LogP contribution in [-0.2, 0) is 18.2 Å². The summed E-state index contributed by atoms with van der Waals surface area (Å²) in [6, 6.07) is 0. The number of phosphoric acid groups is 2. The van der Waals surface area contributed by atoms with Crippen molar-refractivity contribution >= 4 is 61.8 Å². The van der Waals surface area contributed by atoms with E-state index in [4.69, 9.17) is 20.4 Å². The van der Waals surface area contributed by atoms with Gasteiger partial charge in [-0.3, -0.25) is 0 Å². The van der Waals surface area contributed by atoms with Crippen LogP contribution < -0.4 is 19.6 Å². The summed E-state index contributed by atoms with van der Waals surface area (Å²) in [5, 5.41) is 33.4. The van der Waals surface area contributed by atoms with Crippen LogP contribution in [-0.4, -0.2) is 105 Å². The van der Waals surface area contributed by atoms with E-state index in [9.17, 15) is 28.7 Å². The summed E-state index contributed by atoms with van der Waals surface area (Å²) in [4.78, 5) is 39.6. The van der Waals surface area contributed by atoms with Gasteiger partial charge in [0.25, 0.3) is 0 Å². The van der Waals surface area contributed by atoms with Gasteiger partial charge in [-0.15, -0.1) is 0 Å². The van der Waals surface area contributed by atoms with E-state index in [-0.39, 0.29) is 72.2 Å². The summed E-state index contributed by atoms with van der Waals surface area (Å²) < 4.78 is 27.4. The molecule has 16 heteroatoms. The molecule has 0 saturated carbocycles. The van der Waals surface area contributed by atoms with Gasteiger partial charge in [0.05, 0.1) is 35.0 Å². The Bertz CT molecular complexity index is 355. The molecule has 0 radical (unpaired) electrons. The fourth-order valence-corrected chi connectivity index (χ4v) is 1.88. The molecule has 0 aliphatic carbocycles. The minimum absolute atomic E-state index is 0. The fourth-order valence-electron chi connectivity index (χ4n) is 0.950. The first-order chi connectivity index (χ1) is 9.95. The Morgan fingerprint density at radius 3 is 1.54 bits per heavy atom. The molecular formula is C8H18Mg2O12P2. The minimum atomic E-state index is -5.00. The molecule has 0 spiro atoms. The summed E-state index contributed by atoms with van der Waals surface area (Å²) in [5.41, 5.74) is 0. The van der Waals surface area contributed by atoms with Gasteiger partial charge in [-0.05, 0) is 12.8 Å². The van der Waals surface area contributed by atoms with Crippen molar-refractivity contribution in [2.45, 2.75) is 25.0 Å². The van der Waals surface area contributed by atoms with E-state index in [0.717, 1.165) is 0 Å². The van der Waals surface area contributed by atoms with Gasteiger partial charge in [-0.1, -0.05) is 0 Å². The number of hydrogen-bond donors (Lipinski definition) is 4. The second-order valence-electron chi connectivity index (χ2n) is 3.78. The van der Waals surface area contributed by atoms with Crippen LogP contribution in [0, 0.1) is 0 Å². The maximum Gasteiger partial charge on any atom is 2.00 e. The third-order valence-corrected chi connectivity index (χ3v) is 2.84. The molecule has 0 aromatic rings. The van der Waals surface area contributed by atoms with Gasteiger partial charge in [0, 0.05) is 13.2 Å². The van der Waals surface area contributed by atoms with Crippen LogP contribution in [0.25, 0.3) is 0 Å². The Kier molecular flexibility index (Phi) is 24.9. The van der Waals surface area contributed by atoms with Crippen LogP contribution in [0.4, 0.5) is 0 Å². The number of phosphoric ester groups is 2. The van der Waals surface area contributed by atoms with Crippen molar-refractivity contribution < 1.29 is 58.2 Å². The molecule has 4 N–H and O–H groups in total. The predicted molar refractivity (Wildman–Crippen MR) is 74.0 cm³/mol. The molecule has 24 heavy (non-hydrogen) atoms. The molecular weight excluding hydrogens is 399 g/mol. The van der Waals surface area contributed by atoms with E-state index >= 15 is 0 Å². The van der Waals surface area contributed by atoms with Gasteiger partial charge in [0.15, 0.2) is 0 Å². The summed E-state index contributed by atoms with van der Waals surface area (Å²) in [5.74, 6) is 0. The van der Waals surface area contributed by atoms with Crippen molar-refractivity contribution in [2.24, 2.45) is 0 Å². The molecule has 0 saturated heterocycles. The molecule has 0 aliphatic heterocycles. The quantitative estimate of drug-likeness (QED) is 0.193. The maximum absolute atomic E-state index is 10.1. The fraction of sp³-hybridized carbons (Fsp3) is 1.00. The maximum atomic E-state index is 10.1. The first-order valence-electron chi connectivity index (χ1n) is 5.82. The Morgan fingerprint density at radius 1 is 0.875 bits per heavy atom. The van der Waals surface area contributed by atoms with Gasteiger partial charge >= 0.3 is 46.1 Å². The van der Waals surface area contributed by atoms with Crippen molar-refractivity contribution in [1.82, 2.24) is 0 Å². The smallest absolute Gasteiger partial charge is 0.790 e. The van der Waals surface area contributed by atoms with Crippen LogP contribution in [0.1, 0.15) is 12.8 Å². The standard InChI is InChI=1S/C5H13O6P.C3H9O6P.2Mg/c6-3-1-5(2-4-7)11-12(8,9)10;4-1-3(5)2-9-10(6,7)8;;/h5-7H,1-4H2,(H2,8,9,10);3-5H,1-2H2,(H2,6,7,8);;/q;;2*+2/p-4. The molecule has 1 unspecified atom stereocenters. The second kappa shape index (κ2) is 18.0. The molecule has 0 rings (SSSR count). The molecule has 0 aliphatic rings. The van der Waals surface area contributed by atoms with Crippen LogP contribution in [0.5, 0.6) is 0 Å². The molecule has 0 heterocycles. The largest absolute Gasteiger partial charge is 2.00 e. The Balaban J connectivity index is -0.000000156. The molecule has 0 fully saturated rings. The molecule has 1 atom stereocenters. The molecule has 0 aromatic heterocycles. The van der Waals surface area contributed by atoms with Crippen LogP contribution in [0.2, 0.25) is 0 Å². The van der Waals surface area contributed by atoms with E-state index in [2.05, 4.69) is 9.05 Å². The zero-order valence-electron chi connectivity index (χ0n) is 12.8. The molecule has 0 bridgehead atoms. The molecule has 136 valence electrons. The van der Waals surface area contributed by atoms with E-state index in [0.29, 0.717) is 0 Å². The van der Waals surface area contributed by atoms with E-state index < -0.39 is 41.1 Å². The van der Waals surface area contributed by atoms with Gasteiger partial charge in [-0.2, -0.15) is 0 Å². The van der Waals surface area contributed by atoms with Crippen LogP contribution >= 0.6 is 15.6 Å². The zero-order valence-corrected chi connectivity index (χ0v) is 17.4. The van der Waals surface area contributed by atoms with Gasteiger partial charge < -0.3 is 58.2 Å². The number of aliphatic hydroxyl groups excluding tert-OH is 4. The Labute approximate surface area is 171 Å². The van der Waals surface area contributed by atoms with E-state index in [1.165, 1.54) is 0 Å². The summed E-state index contributed by atoms with van der Waals surface area (Å²) in [7, 11) is -10.0. The summed E-state index contributed by atoms with van der Waals surface area (Å²) in [6.07, 6.45) is -2.19. The van der Waals surface area contributed by atoms with Crippen LogP contribution in [0.3, 0.4) is 0 Å². The monoisotopic (exact) mass is 416 g/mol. The zero-order chi connectivity index (χ0) is 17.8. The second-order valence-corrected chi connectivity index (χ2v) is 6.04. The van der Waals surface area contributed by atoms with Gasteiger partial charge in [0.1, 0.15) is 6.10 Å². The average Bonchev–Trinajstić information content (AvgIpc) is 2.34. The van der Waals surface area contributed by atoms with Gasteiger partial charge in [0.2, 0.25) is 0 Å². The normalized spacial score (nSPS) is 12.5. The Hall–Kier alpha value is 1.59. The van der Waals surface area contributed by atoms with E-state index in [1.807, 2.05) is 0 Å². The van der Waals surface area contributed by atoms with Crippen molar-refractivity contribution in [3.63, 3.8) is 0 Å².